The Morgan fingerprint density at radius 2 is 2.00 bits per heavy atom. The summed E-state index contributed by atoms with van der Waals surface area (Å²) in [6.07, 6.45) is 2.83. The maximum atomic E-state index is 12.0. The van der Waals surface area contributed by atoms with Crippen molar-refractivity contribution in [2.75, 3.05) is 59.4 Å². The molecule has 0 aromatic rings. The molecule has 0 aliphatic carbocycles. The summed E-state index contributed by atoms with van der Waals surface area (Å²) in [6.45, 7) is 6.35. The summed E-state index contributed by atoms with van der Waals surface area (Å²) in [7, 11) is 2.12. The number of carbonyl (C=O) groups is 1. The number of aliphatic hydroxyl groups is 1. The van der Waals surface area contributed by atoms with Crippen LogP contribution in [0.1, 0.15) is 19.3 Å². The van der Waals surface area contributed by atoms with Gasteiger partial charge < -0.3 is 20.6 Å². The number of carbonyl (C=O) groups excluding carboxylic acids is 1. The molecule has 0 spiro atoms. The van der Waals surface area contributed by atoms with E-state index in [0.29, 0.717) is 19.6 Å². The van der Waals surface area contributed by atoms with Gasteiger partial charge in [-0.2, -0.15) is 0 Å². The van der Waals surface area contributed by atoms with E-state index in [1.165, 1.54) is 0 Å². The molecule has 2 saturated heterocycles. The van der Waals surface area contributed by atoms with E-state index in [4.69, 9.17) is 0 Å². The lowest BCUT2D eigenvalue weighted by molar-refractivity contribution is -0.123. The molecule has 132 valence electrons. The number of nitrogens with zero attached hydrogens (tertiary/aromatic N) is 2. The Balaban J connectivity index is 0.00000220. The summed E-state index contributed by atoms with van der Waals surface area (Å²) in [5, 5.41) is 16.4. The van der Waals surface area contributed by atoms with Gasteiger partial charge in [0.25, 0.3) is 0 Å². The zero-order valence-corrected chi connectivity index (χ0v) is 15.0. The van der Waals surface area contributed by atoms with Crippen molar-refractivity contribution in [3.8, 4) is 0 Å². The van der Waals surface area contributed by atoms with Gasteiger partial charge >= 0.3 is 0 Å². The van der Waals surface area contributed by atoms with Gasteiger partial charge in [-0.05, 0) is 45.9 Å². The Kier molecular flexibility index (Phi) is 10.6. The van der Waals surface area contributed by atoms with Crippen molar-refractivity contribution in [3.05, 3.63) is 0 Å². The molecule has 0 radical (unpaired) electrons. The van der Waals surface area contributed by atoms with Crippen LogP contribution >= 0.6 is 24.8 Å². The normalized spacial score (nSPS) is 27.2. The second-order valence-electron chi connectivity index (χ2n) is 6.21. The summed E-state index contributed by atoms with van der Waals surface area (Å²) in [5.41, 5.74) is -0.771. The molecule has 1 amide bonds. The molecule has 2 heterocycles. The summed E-state index contributed by atoms with van der Waals surface area (Å²) < 4.78 is 0. The zero-order valence-electron chi connectivity index (χ0n) is 13.3. The van der Waals surface area contributed by atoms with Crippen molar-refractivity contribution in [2.45, 2.75) is 24.9 Å². The Morgan fingerprint density at radius 1 is 1.23 bits per heavy atom. The molecule has 0 saturated carbocycles. The Labute approximate surface area is 145 Å². The molecule has 3 N–H and O–H groups in total. The molecule has 0 aromatic carbocycles. The summed E-state index contributed by atoms with van der Waals surface area (Å²) in [6, 6.07) is 0. The highest BCUT2D eigenvalue weighted by atomic mass is 35.5. The van der Waals surface area contributed by atoms with Crippen LogP contribution in [0.3, 0.4) is 0 Å². The van der Waals surface area contributed by atoms with Gasteiger partial charge in [0.15, 0.2) is 0 Å². The smallest absolute Gasteiger partial charge is 0.234 e. The van der Waals surface area contributed by atoms with Crippen LogP contribution in [0.15, 0.2) is 0 Å². The third-order valence-corrected chi connectivity index (χ3v) is 4.24. The van der Waals surface area contributed by atoms with Gasteiger partial charge in [-0.1, -0.05) is 0 Å². The molecule has 2 rings (SSSR count). The van der Waals surface area contributed by atoms with Crippen molar-refractivity contribution in [1.82, 2.24) is 20.4 Å². The van der Waals surface area contributed by atoms with E-state index in [-0.39, 0.29) is 30.7 Å². The number of hydrogen-bond donors (Lipinski definition) is 3. The molecule has 1 unspecified atom stereocenters. The third kappa shape index (κ3) is 7.44. The third-order valence-electron chi connectivity index (χ3n) is 4.24. The minimum Gasteiger partial charge on any atom is -0.387 e. The predicted molar refractivity (Wildman–Crippen MR) is 93.1 cm³/mol. The summed E-state index contributed by atoms with van der Waals surface area (Å²) in [4.78, 5) is 16.5. The fourth-order valence-corrected chi connectivity index (χ4v) is 2.88. The van der Waals surface area contributed by atoms with Gasteiger partial charge in [0.1, 0.15) is 0 Å². The highest BCUT2D eigenvalue weighted by molar-refractivity contribution is 5.85. The number of likely N-dealkylation sites (N-methyl/N-ethyl adjacent to an activating group) is 1. The monoisotopic (exact) mass is 356 g/mol. The van der Waals surface area contributed by atoms with Gasteiger partial charge in [-0.3, -0.25) is 9.69 Å². The first-order chi connectivity index (χ1) is 9.57. The van der Waals surface area contributed by atoms with Crippen LogP contribution in [-0.4, -0.2) is 85.8 Å². The van der Waals surface area contributed by atoms with E-state index in [2.05, 4.69) is 27.5 Å². The Hall–Kier alpha value is -0.110. The molecule has 0 bridgehead atoms. The van der Waals surface area contributed by atoms with E-state index in [1.54, 1.807) is 0 Å². The van der Waals surface area contributed by atoms with Gasteiger partial charge in [0, 0.05) is 26.2 Å². The van der Waals surface area contributed by atoms with Crippen molar-refractivity contribution < 1.29 is 9.90 Å². The Bertz CT molecular complexity index is 328. The first-order valence-electron chi connectivity index (χ1n) is 7.68. The maximum absolute atomic E-state index is 12.0. The van der Waals surface area contributed by atoms with Crippen LogP contribution in [-0.2, 0) is 4.79 Å². The van der Waals surface area contributed by atoms with Gasteiger partial charge in [-0.15, -0.1) is 24.8 Å². The summed E-state index contributed by atoms with van der Waals surface area (Å²) in [5.74, 6) is 0.0218. The minimum atomic E-state index is -0.771. The second-order valence-corrected chi connectivity index (χ2v) is 6.21. The molecular weight excluding hydrogens is 327 g/mol. The minimum absolute atomic E-state index is 0. The van der Waals surface area contributed by atoms with Crippen molar-refractivity contribution in [2.24, 2.45) is 0 Å². The van der Waals surface area contributed by atoms with Gasteiger partial charge in [0.05, 0.1) is 12.1 Å². The van der Waals surface area contributed by atoms with Crippen LogP contribution in [0.5, 0.6) is 0 Å². The highest BCUT2D eigenvalue weighted by Crippen LogP contribution is 2.14. The number of nitrogens with one attached hydrogen (secondary N) is 2. The van der Waals surface area contributed by atoms with Crippen LogP contribution in [0, 0.1) is 0 Å². The lowest BCUT2D eigenvalue weighted by atomic mass is 9.94. The van der Waals surface area contributed by atoms with Gasteiger partial charge in [-0.25, -0.2) is 0 Å². The zero-order chi connectivity index (χ0) is 14.4. The highest BCUT2D eigenvalue weighted by Gasteiger charge is 2.29. The average Bonchev–Trinajstić information content (AvgIpc) is 2.63. The van der Waals surface area contributed by atoms with Crippen LogP contribution in [0.2, 0.25) is 0 Å². The van der Waals surface area contributed by atoms with E-state index in [0.717, 1.165) is 52.0 Å². The van der Waals surface area contributed by atoms with Crippen molar-refractivity contribution in [3.63, 3.8) is 0 Å². The molecule has 22 heavy (non-hydrogen) atoms. The number of piperidine rings is 1. The number of β-amino-alcohol motifs (C(OH)–C–C–N with tert-alkyl or cyclic N) is 1. The lowest BCUT2D eigenvalue weighted by Crippen LogP contribution is -2.53. The molecule has 6 nitrogen and oxygen atoms in total. The van der Waals surface area contributed by atoms with E-state index in [9.17, 15) is 9.90 Å². The standard InChI is InChI=1S/C14H28N4O2.2ClH/c1-17-6-3-7-18(9-8-17)10-13(19)16-12-14(20)4-2-5-15-11-14;;/h15,20H,2-12H2,1H3,(H,16,19);2*1H. The SMILES string of the molecule is CN1CCCN(CC(=O)NCC2(O)CCCNC2)CC1.Cl.Cl. The van der Waals surface area contributed by atoms with Crippen molar-refractivity contribution >= 4 is 30.7 Å². The molecule has 0 aromatic heterocycles. The van der Waals surface area contributed by atoms with Crippen LogP contribution in [0.4, 0.5) is 0 Å². The largest absolute Gasteiger partial charge is 0.387 e. The molecule has 2 fully saturated rings. The number of halogens is 2. The fraction of sp³-hybridized carbons (Fsp3) is 0.929. The van der Waals surface area contributed by atoms with E-state index < -0.39 is 5.60 Å². The number of amides is 1. The lowest BCUT2D eigenvalue weighted by Gasteiger charge is -2.33. The van der Waals surface area contributed by atoms with E-state index in [1.807, 2.05) is 0 Å². The molecular formula is C14H30Cl2N4O2. The molecule has 2 aliphatic rings. The topological polar surface area (TPSA) is 67.8 Å². The fourth-order valence-electron chi connectivity index (χ4n) is 2.88. The Morgan fingerprint density at radius 3 is 2.68 bits per heavy atom. The summed E-state index contributed by atoms with van der Waals surface area (Å²) >= 11 is 0. The first-order valence-corrected chi connectivity index (χ1v) is 7.68. The quantitative estimate of drug-likeness (QED) is 0.645. The predicted octanol–water partition coefficient (Wildman–Crippen LogP) is -0.302. The molecule has 1 atom stereocenters. The molecule has 8 heteroatoms. The first kappa shape index (κ1) is 21.9. The molecule has 2 aliphatic heterocycles. The second kappa shape index (κ2) is 10.6. The van der Waals surface area contributed by atoms with Crippen molar-refractivity contribution in [1.29, 1.82) is 0 Å². The van der Waals surface area contributed by atoms with Crippen LogP contribution < -0.4 is 10.6 Å². The van der Waals surface area contributed by atoms with Gasteiger partial charge in [0.2, 0.25) is 5.91 Å². The maximum Gasteiger partial charge on any atom is 0.234 e. The number of hydrogen-bond acceptors (Lipinski definition) is 5. The number of rotatable bonds is 4. The van der Waals surface area contributed by atoms with E-state index >= 15 is 0 Å². The average molecular weight is 357 g/mol. The van der Waals surface area contributed by atoms with Crippen LogP contribution in [0.25, 0.3) is 0 Å².